The Hall–Kier alpha value is -1.77. The number of hydrogen-bond donors (Lipinski definition) is 2. The molecule has 94 valence electrons. The Kier molecular flexibility index (Phi) is 4.76. The lowest BCUT2D eigenvalue weighted by Gasteiger charge is -2.23. The first kappa shape index (κ1) is 13.3. The maximum absolute atomic E-state index is 11.8. The predicted octanol–water partition coefficient (Wildman–Crippen LogP) is 0.937. The highest BCUT2D eigenvalue weighted by molar-refractivity contribution is 5.82. The number of rotatable bonds is 6. The first-order valence-corrected chi connectivity index (χ1v) is 5.77. The lowest BCUT2D eigenvalue weighted by molar-refractivity contribution is -0.139. The Morgan fingerprint density at radius 1 is 1.59 bits per heavy atom. The third-order valence-electron chi connectivity index (χ3n) is 2.72. The zero-order valence-electron chi connectivity index (χ0n) is 9.85. The topological polar surface area (TPSA) is 93.4 Å². The van der Waals surface area contributed by atoms with Crippen LogP contribution in [-0.2, 0) is 4.79 Å². The van der Waals surface area contributed by atoms with Crippen LogP contribution in [0, 0.1) is 11.3 Å². The average molecular weight is 239 g/mol. The van der Waals surface area contributed by atoms with Crippen LogP contribution >= 0.6 is 0 Å². The molecule has 0 spiro atoms. The number of nitrogens with one attached hydrogen (secondary N) is 1. The lowest BCUT2D eigenvalue weighted by atomic mass is 10.2. The van der Waals surface area contributed by atoms with Gasteiger partial charge in [0.25, 0.3) is 0 Å². The van der Waals surface area contributed by atoms with Crippen molar-refractivity contribution in [3.05, 3.63) is 0 Å². The van der Waals surface area contributed by atoms with Gasteiger partial charge in [0.1, 0.15) is 6.04 Å². The molecular weight excluding hydrogens is 222 g/mol. The van der Waals surface area contributed by atoms with Crippen LogP contribution in [0.5, 0.6) is 0 Å². The predicted molar refractivity (Wildman–Crippen MR) is 60.2 cm³/mol. The van der Waals surface area contributed by atoms with Crippen LogP contribution in [0.2, 0.25) is 0 Å². The van der Waals surface area contributed by atoms with E-state index in [0.717, 1.165) is 12.8 Å². The summed E-state index contributed by atoms with van der Waals surface area (Å²) in [6.07, 6.45) is 2.48. The van der Waals surface area contributed by atoms with Gasteiger partial charge in [0.15, 0.2) is 0 Å². The normalized spacial score (nSPS) is 15.8. The van der Waals surface area contributed by atoms with Gasteiger partial charge in [0, 0.05) is 12.6 Å². The largest absolute Gasteiger partial charge is 0.480 e. The minimum atomic E-state index is -1.03. The van der Waals surface area contributed by atoms with Crippen LogP contribution < -0.4 is 5.32 Å². The van der Waals surface area contributed by atoms with Gasteiger partial charge < -0.3 is 15.3 Å². The van der Waals surface area contributed by atoms with E-state index in [4.69, 9.17) is 10.4 Å². The van der Waals surface area contributed by atoms with Gasteiger partial charge in [-0.3, -0.25) is 0 Å². The highest BCUT2D eigenvalue weighted by Gasteiger charge is 2.33. The van der Waals surface area contributed by atoms with Crippen molar-refractivity contribution in [3.63, 3.8) is 0 Å². The molecule has 1 atom stereocenters. The lowest BCUT2D eigenvalue weighted by Crippen LogP contribution is -2.48. The van der Waals surface area contributed by atoms with Gasteiger partial charge in [-0.1, -0.05) is 6.92 Å². The molecule has 0 aliphatic heterocycles. The van der Waals surface area contributed by atoms with Gasteiger partial charge in [0.2, 0.25) is 0 Å². The number of hydrogen-bond acceptors (Lipinski definition) is 3. The van der Waals surface area contributed by atoms with Crippen molar-refractivity contribution in [2.75, 3.05) is 6.54 Å². The summed E-state index contributed by atoms with van der Waals surface area (Å²) < 4.78 is 0. The van der Waals surface area contributed by atoms with Gasteiger partial charge in [-0.2, -0.15) is 5.26 Å². The molecule has 1 unspecified atom stereocenters. The van der Waals surface area contributed by atoms with E-state index in [9.17, 15) is 9.59 Å². The number of carbonyl (C=O) groups is 2. The zero-order chi connectivity index (χ0) is 12.8. The Balaban J connectivity index is 2.52. The SMILES string of the molecule is CCC(NC(=O)N(CCC#N)C1CC1)C(=O)O. The monoisotopic (exact) mass is 239 g/mol. The van der Waals surface area contributed by atoms with Crippen LogP contribution in [-0.4, -0.2) is 40.6 Å². The van der Waals surface area contributed by atoms with E-state index in [1.807, 2.05) is 6.07 Å². The molecule has 1 fully saturated rings. The third kappa shape index (κ3) is 3.94. The summed E-state index contributed by atoms with van der Waals surface area (Å²) in [7, 11) is 0. The molecule has 6 nitrogen and oxygen atoms in total. The van der Waals surface area contributed by atoms with Gasteiger partial charge in [-0.15, -0.1) is 0 Å². The molecule has 1 saturated carbocycles. The number of aliphatic carboxylic acids is 1. The molecule has 6 heteroatoms. The summed E-state index contributed by atoms with van der Waals surface area (Å²) in [5, 5.41) is 19.8. The highest BCUT2D eigenvalue weighted by atomic mass is 16.4. The Bertz CT molecular complexity index is 333. The first-order chi connectivity index (χ1) is 8.10. The number of amides is 2. The number of carboxylic acids is 1. The highest BCUT2D eigenvalue weighted by Crippen LogP contribution is 2.26. The minimum Gasteiger partial charge on any atom is -0.480 e. The van der Waals surface area contributed by atoms with Crippen molar-refractivity contribution in [2.45, 2.75) is 44.7 Å². The molecule has 1 aliphatic carbocycles. The summed E-state index contributed by atoms with van der Waals surface area (Å²) in [5.41, 5.74) is 0. The Morgan fingerprint density at radius 3 is 2.65 bits per heavy atom. The van der Waals surface area contributed by atoms with Crippen molar-refractivity contribution >= 4 is 12.0 Å². The van der Waals surface area contributed by atoms with E-state index in [2.05, 4.69) is 5.32 Å². The molecular formula is C11H17N3O3. The van der Waals surface area contributed by atoms with Crippen LogP contribution in [0.15, 0.2) is 0 Å². The molecule has 2 amide bonds. The number of carbonyl (C=O) groups excluding carboxylic acids is 1. The van der Waals surface area contributed by atoms with E-state index in [1.165, 1.54) is 0 Å². The molecule has 0 bridgehead atoms. The fourth-order valence-corrected chi connectivity index (χ4v) is 1.58. The number of nitrogens with zero attached hydrogens (tertiary/aromatic N) is 2. The van der Waals surface area contributed by atoms with E-state index in [1.54, 1.807) is 11.8 Å². The molecule has 2 N–H and O–H groups in total. The first-order valence-electron chi connectivity index (χ1n) is 5.77. The second-order valence-corrected chi connectivity index (χ2v) is 4.08. The maximum Gasteiger partial charge on any atom is 0.326 e. The average Bonchev–Trinajstić information content (AvgIpc) is 3.10. The fraction of sp³-hybridized carbons (Fsp3) is 0.727. The van der Waals surface area contributed by atoms with Crippen LogP contribution in [0.25, 0.3) is 0 Å². The molecule has 0 heterocycles. The van der Waals surface area contributed by atoms with E-state index in [-0.39, 0.29) is 18.5 Å². The van der Waals surface area contributed by atoms with Crippen molar-refractivity contribution < 1.29 is 14.7 Å². The number of urea groups is 1. The van der Waals surface area contributed by atoms with Crippen LogP contribution in [0.4, 0.5) is 4.79 Å². The Morgan fingerprint density at radius 2 is 2.24 bits per heavy atom. The quantitative estimate of drug-likeness (QED) is 0.721. The number of carboxylic acid groups (broad SMARTS) is 1. The summed E-state index contributed by atoms with van der Waals surface area (Å²) >= 11 is 0. The van der Waals surface area contributed by atoms with Gasteiger partial charge in [0.05, 0.1) is 12.5 Å². The van der Waals surface area contributed by atoms with Gasteiger partial charge in [-0.25, -0.2) is 9.59 Å². The molecule has 1 aliphatic rings. The van der Waals surface area contributed by atoms with Gasteiger partial charge >= 0.3 is 12.0 Å². The fourth-order valence-electron chi connectivity index (χ4n) is 1.58. The van der Waals surface area contributed by atoms with E-state index in [0.29, 0.717) is 13.0 Å². The molecule has 0 aromatic carbocycles. The minimum absolute atomic E-state index is 0.176. The van der Waals surface area contributed by atoms with Crippen molar-refractivity contribution in [1.82, 2.24) is 10.2 Å². The summed E-state index contributed by atoms with van der Waals surface area (Å²) in [6, 6.07) is 0.930. The third-order valence-corrected chi connectivity index (χ3v) is 2.72. The standard InChI is InChI=1S/C11H17N3O3/c1-2-9(10(15)16)13-11(17)14(7-3-6-12)8-4-5-8/h8-9H,2-5,7H2,1H3,(H,13,17)(H,15,16). The second kappa shape index (κ2) is 6.09. The molecule has 1 rings (SSSR count). The molecule has 0 radical (unpaired) electrons. The molecule has 0 aromatic rings. The summed E-state index contributed by atoms with van der Waals surface area (Å²) in [6.45, 7) is 2.07. The van der Waals surface area contributed by atoms with Crippen LogP contribution in [0.1, 0.15) is 32.6 Å². The van der Waals surface area contributed by atoms with Crippen molar-refractivity contribution in [2.24, 2.45) is 0 Å². The van der Waals surface area contributed by atoms with E-state index < -0.39 is 12.0 Å². The van der Waals surface area contributed by atoms with E-state index >= 15 is 0 Å². The van der Waals surface area contributed by atoms with Crippen molar-refractivity contribution in [1.29, 1.82) is 5.26 Å². The Labute approximate surface area is 100 Å². The summed E-state index contributed by atoms with van der Waals surface area (Å²) in [5.74, 6) is -1.03. The van der Waals surface area contributed by atoms with Crippen molar-refractivity contribution in [3.8, 4) is 6.07 Å². The van der Waals surface area contributed by atoms with Gasteiger partial charge in [-0.05, 0) is 19.3 Å². The van der Waals surface area contributed by atoms with Crippen LogP contribution in [0.3, 0.4) is 0 Å². The molecule has 0 saturated heterocycles. The zero-order valence-corrected chi connectivity index (χ0v) is 9.85. The number of nitriles is 1. The maximum atomic E-state index is 11.8. The summed E-state index contributed by atoms with van der Waals surface area (Å²) in [4.78, 5) is 24.2. The molecule has 0 aromatic heterocycles. The smallest absolute Gasteiger partial charge is 0.326 e. The second-order valence-electron chi connectivity index (χ2n) is 4.08. The molecule has 17 heavy (non-hydrogen) atoms.